The highest BCUT2D eigenvalue weighted by atomic mass is 16.6. The van der Waals surface area contributed by atoms with Crippen LogP contribution in [0.2, 0.25) is 0 Å². The molecule has 2 rings (SSSR count). The summed E-state index contributed by atoms with van der Waals surface area (Å²) in [6.45, 7) is 7.41. The smallest absolute Gasteiger partial charge is 0.394 e. The van der Waals surface area contributed by atoms with Gasteiger partial charge in [-0.25, -0.2) is 4.79 Å². The predicted molar refractivity (Wildman–Crippen MR) is 74.3 cm³/mol. The maximum absolute atomic E-state index is 10.9. The number of fused-ring (bicyclic) bond motifs is 1. The molecule has 6 heteroatoms. The number of likely N-dealkylation sites (N-methyl/N-ethyl adjacent to an activating group) is 1. The van der Waals surface area contributed by atoms with E-state index in [1.807, 2.05) is 0 Å². The summed E-state index contributed by atoms with van der Waals surface area (Å²) < 4.78 is 10.9. The van der Waals surface area contributed by atoms with Crippen molar-refractivity contribution in [3.63, 3.8) is 0 Å². The van der Waals surface area contributed by atoms with Crippen LogP contribution in [0.4, 0.5) is 0 Å². The van der Waals surface area contributed by atoms with Crippen molar-refractivity contribution in [2.75, 3.05) is 26.2 Å². The van der Waals surface area contributed by atoms with Gasteiger partial charge in [0.25, 0.3) is 0 Å². The monoisotopic (exact) mass is 278 g/mol. The molecule has 2 aromatic rings. The van der Waals surface area contributed by atoms with Crippen molar-refractivity contribution in [2.45, 2.75) is 13.8 Å². The SMILES string of the molecule is CCN(CC)CCOc1nc2ccc(C(=O)O)cc2o1. The highest BCUT2D eigenvalue weighted by molar-refractivity contribution is 5.91. The van der Waals surface area contributed by atoms with Crippen LogP contribution in [-0.4, -0.2) is 47.2 Å². The zero-order valence-electron chi connectivity index (χ0n) is 11.6. The number of rotatable bonds is 7. The molecule has 20 heavy (non-hydrogen) atoms. The molecule has 0 spiro atoms. The lowest BCUT2D eigenvalue weighted by molar-refractivity contribution is 0.0697. The summed E-state index contributed by atoms with van der Waals surface area (Å²) in [7, 11) is 0. The number of ether oxygens (including phenoxy) is 1. The molecule has 0 atom stereocenters. The van der Waals surface area contributed by atoms with Gasteiger partial charge in [-0.2, -0.15) is 4.98 Å². The van der Waals surface area contributed by atoms with E-state index in [0.29, 0.717) is 17.7 Å². The van der Waals surface area contributed by atoms with Crippen molar-refractivity contribution in [1.82, 2.24) is 9.88 Å². The largest absolute Gasteiger partial charge is 0.478 e. The number of benzene rings is 1. The first-order chi connectivity index (χ1) is 9.63. The Morgan fingerprint density at radius 2 is 2.15 bits per heavy atom. The number of nitrogens with zero attached hydrogens (tertiary/aromatic N) is 2. The lowest BCUT2D eigenvalue weighted by atomic mass is 10.2. The number of aromatic carboxylic acids is 1. The fourth-order valence-electron chi connectivity index (χ4n) is 1.90. The number of aromatic nitrogens is 1. The fraction of sp³-hybridized carbons (Fsp3) is 0.429. The van der Waals surface area contributed by atoms with Gasteiger partial charge in [-0.15, -0.1) is 0 Å². The number of carboxylic acids is 1. The molecule has 0 saturated carbocycles. The number of carbonyl (C=O) groups is 1. The Kier molecular flexibility index (Phi) is 4.57. The maximum atomic E-state index is 10.9. The van der Waals surface area contributed by atoms with E-state index in [2.05, 4.69) is 23.7 Å². The summed E-state index contributed by atoms with van der Waals surface area (Å²) in [4.78, 5) is 17.3. The quantitative estimate of drug-likeness (QED) is 0.837. The van der Waals surface area contributed by atoms with Crippen LogP contribution >= 0.6 is 0 Å². The third-order valence-electron chi connectivity index (χ3n) is 3.14. The highest BCUT2D eigenvalue weighted by Crippen LogP contribution is 2.21. The fourth-order valence-corrected chi connectivity index (χ4v) is 1.90. The Morgan fingerprint density at radius 1 is 1.40 bits per heavy atom. The van der Waals surface area contributed by atoms with Crippen molar-refractivity contribution in [3.8, 4) is 6.08 Å². The first-order valence-corrected chi connectivity index (χ1v) is 6.63. The molecule has 0 aliphatic carbocycles. The third kappa shape index (κ3) is 3.27. The van der Waals surface area contributed by atoms with Gasteiger partial charge in [0.1, 0.15) is 12.1 Å². The Morgan fingerprint density at radius 3 is 2.80 bits per heavy atom. The minimum atomic E-state index is -0.993. The van der Waals surface area contributed by atoms with Crippen LogP contribution < -0.4 is 4.74 Å². The predicted octanol–water partition coefficient (Wildman–Crippen LogP) is 2.25. The minimum Gasteiger partial charge on any atom is -0.478 e. The zero-order valence-corrected chi connectivity index (χ0v) is 11.6. The lowest BCUT2D eigenvalue weighted by Crippen LogP contribution is -2.27. The molecule has 0 aliphatic rings. The van der Waals surface area contributed by atoms with Crippen molar-refractivity contribution < 1.29 is 19.1 Å². The molecule has 1 N–H and O–H groups in total. The molecule has 0 unspecified atom stereocenters. The molecule has 0 fully saturated rings. The standard InChI is InChI=1S/C14H18N2O4/c1-3-16(4-2)7-8-19-14-15-11-6-5-10(13(17)18)9-12(11)20-14/h5-6,9H,3-4,7-8H2,1-2H3,(H,17,18). The topological polar surface area (TPSA) is 75.8 Å². The number of hydrogen-bond donors (Lipinski definition) is 1. The molecule has 6 nitrogen and oxygen atoms in total. The normalized spacial score (nSPS) is 11.2. The highest BCUT2D eigenvalue weighted by Gasteiger charge is 2.10. The summed E-state index contributed by atoms with van der Waals surface area (Å²) >= 11 is 0. The second-order valence-electron chi connectivity index (χ2n) is 4.34. The van der Waals surface area contributed by atoms with Crippen molar-refractivity contribution >= 4 is 17.1 Å². The van der Waals surface area contributed by atoms with Crippen LogP contribution in [-0.2, 0) is 0 Å². The van der Waals surface area contributed by atoms with E-state index in [1.165, 1.54) is 12.1 Å². The second-order valence-corrected chi connectivity index (χ2v) is 4.34. The molecular formula is C14H18N2O4. The molecule has 0 radical (unpaired) electrons. The first kappa shape index (κ1) is 14.3. The van der Waals surface area contributed by atoms with Gasteiger partial charge in [-0.3, -0.25) is 0 Å². The van der Waals surface area contributed by atoms with Gasteiger partial charge in [-0.05, 0) is 31.3 Å². The van der Waals surface area contributed by atoms with Crippen LogP contribution in [0.3, 0.4) is 0 Å². The van der Waals surface area contributed by atoms with E-state index in [-0.39, 0.29) is 11.6 Å². The summed E-state index contributed by atoms with van der Waals surface area (Å²) in [5.74, 6) is -0.993. The zero-order chi connectivity index (χ0) is 14.5. The molecule has 0 aliphatic heterocycles. The second kappa shape index (κ2) is 6.38. The van der Waals surface area contributed by atoms with E-state index in [0.717, 1.165) is 19.6 Å². The Hall–Kier alpha value is -2.08. The summed E-state index contributed by atoms with van der Waals surface area (Å²) in [6, 6.07) is 4.55. The van der Waals surface area contributed by atoms with Crippen LogP contribution in [0.15, 0.2) is 22.6 Å². The minimum absolute atomic E-state index is 0.170. The molecule has 108 valence electrons. The van der Waals surface area contributed by atoms with E-state index < -0.39 is 5.97 Å². The van der Waals surface area contributed by atoms with Crippen molar-refractivity contribution in [1.29, 1.82) is 0 Å². The number of oxazole rings is 1. The summed E-state index contributed by atoms with van der Waals surface area (Å²) in [5.41, 5.74) is 1.18. The lowest BCUT2D eigenvalue weighted by Gasteiger charge is -2.16. The maximum Gasteiger partial charge on any atom is 0.394 e. The van der Waals surface area contributed by atoms with Crippen LogP contribution in [0.1, 0.15) is 24.2 Å². The Labute approximate surface area is 117 Å². The van der Waals surface area contributed by atoms with E-state index in [1.54, 1.807) is 6.07 Å². The Balaban J connectivity index is 2.02. The van der Waals surface area contributed by atoms with Gasteiger partial charge in [0, 0.05) is 6.54 Å². The van der Waals surface area contributed by atoms with E-state index in [4.69, 9.17) is 14.3 Å². The number of hydrogen-bond acceptors (Lipinski definition) is 5. The molecule has 1 heterocycles. The van der Waals surface area contributed by atoms with E-state index >= 15 is 0 Å². The molecule has 0 bridgehead atoms. The van der Waals surface area contributed by atoms with Crippen LogP contribution in [0, 0.1) is 0 Å². The Bertz CT molecular complexity index is 590. The van der Waals surface area contributed by atoms with Gasteiger partial charge in [0.2, 0.25) is 0 Å². The van der Waals surface area contributed by atoms with Crippen molar-refractivity contribution in [3.05, 3.63) is 23.8 Å². The van der Waals surface area contributed by atoms with Gasteiger partial charge in [0.05, 0.1) is 5.56 Å². The van der Waals surface area contributed by atoms with Gasteiger partial charge in [-0.1, -0.05) is 13.8 Å². The average Bonchev–Trinajstić information content (AvgIpc) is 2.85. The van der Waals surface area contributed by atoms with Gasteiger partial charge in [0.15, 0.2) is 5.58 Å². The molecule has 1 aromatic heterocycles. The summed E-state index contributed by atoms with van der Waals surface area (Å²) in [5, 5.41) is 8.91. The molecule has 0 saturated heterocycles. The molecular weight excluding hydrogens is 260 g/mol. The average molecular weight is 278 g/mol. The summed E-state index contributed by atoms with van der Waals surface area (Å²) in [6.07, 6.45) is 0.176. The third-order valence-corrected chi connectivity index (χ3v) is 3.14. The molecule has 0 amide bonds. The van der Waals surface area contributed by atoms with Gasteiger partial charge < -0.3 is 19.2 Å². The van der Waals surface area contributed by atoms with Crippen molar-refractivity contribution in [2.24, 2.45) is 0 Å². The van der Waals surface area contributed by atoms with Crippen LogP contribution in [0.5, 0.6) is 6.08 Å². The molecule has 1 aromatic carbocycles. The number of carboxylic acid groups (broad SMARTS) is 1. The van der Waals surface area contributed by atoms with Gasteiger partial charge >= 0.3 is 12.0 Å². The first-order valence-electron chi connectivity index (χ1n) is 6.63. The van der Waals surface area contributed by atoms with Crippen LogP contribution in [0.25, 0.3) is 11.1 Å². The van der Waals surface area contributed by atoms with E-state index in [9.17, 15) is 4.79 Å².